The number of carbonyl (C=O) groups is 2. The Morgan fingerprint density at radius 3 is 2.82 bits per heavy atom. The lowest BCUT2D eigenvalue weighted by atomic mass is 10.1. The number of ether oxygens (including phenoxy) is 1. The molecule has 1 aromatic carbocycles. The van der Waals surface area contributed by atoms with Crippen LogP contribution in [0.25, 0.3) is 0 Å². The zero-order valence-corrected chi connectivity index (χ0v) is 13.2. The molecule has 2 amide bonds. The Labute approximate surface area is 132 Å². The highest BCUT2D eigenvalue weighted by atomic mass is 32.1. The van der Waals surface area contributed by atoms with Gasteiger partial charge in [0.15, 0.2) is 5.13 Å². The van der Waals surface area contributed by atoms with Crippen LogP contribution in [0.5, 0.6) is 5.75 Å². The highest BCUT2D eigenvalue weighted by molar-refractivity contribution is 7.17. The van der Waals surface area contributed by atoms with Gasteiger partial charge in [-0.15, -0.1) is 0 Å². The molecule has 1 heterocycles. The summed E-state index contributed by atoms with van der Waals surface area (Å²) in [7, 11) is 0. The lowest BCUT2D eigenvalue weighted by Gasteiger charge is -2.10. The zero-order chi connectivity index (χ0) is 16.1. The van der Waals surface area contributed by atoms with Crippen molar-refractivity contribution in [2.45, 2.75) is 20.3 Å². The van der Waals surface area contributed by atoms with E-state index in [0.717, 1.165) is 28.2 Å². The van der Waals surface area contributed by atoms with Crippen molar-refractivity contribution in [1.29, 1.82) is 0 Å². The van der Waals surface area contributed by atoms with E-state index in [-0.39, 0.29) is 18.9 Å². The Bertz CT molecular complexity index is 697. The molecule has 6 nitrogen and oxygen atoms in total. The van der Waals surface area contributed by atoms with Crippen LogP contribution in [-0.4, -0.2) is 23.4 Å². The number of nitrogens with two attached hydrogens (primary N) is 1. The van der Waals surface area contributed by atoms with Gasteiger partial charge in [0.25, 0.3) is 5.91 Å². The van der Waals surface area contributed by atoms with Crippen molar-refractivity contribution in [2.75, 3.05) is 11.9 Å². The van der Waals surface area contributed by atoms with Crippen molar-refractivity contribution in [2.24, 2.45) is 5.73 Å². The van der Waals surface area contributed by atoms with Crippen molar-refractivity contribution in [3.05, 3.63) is 40.4 Å². The summed E-state index contributed by atoms with van der Waals surface area (Å²) in [5, 5.41) is 2.96. The summed E-state index contributed by atoms with van der Waals surface area (Å²) in [6, 6.07) is 5.80. The van der Waals surface area contributed by atoms with Crippen molar-refractivity contribution in [3.8, 4) is 5.75 Å². The van der Waals surface area contributed by atoms with E-state index in [1.165, 1.54) is 6.20 Å². The van der Waals surface area contributed by atoms with E-state index in [2.05, 4.69) is 10.3 Å². The molecule has 1 aromatic heterocycles. The van der Waals surface area contributed by atoms with Gasteiger partial charge >= 0.3 is 0 Å². The highest BCUT2D eigenvalue weighted by Gasteiger charge is 2.10. The van der Waals surface area contributed by atoms with E-state index < -0.39 is 5.91 Å². The van der Waals surface area contributed by atoms with Gasteiger partial charge in [0.1, 0.15) is 10.6 Å². The van der Waals surface area contributed by atoms with Gasteiger partial charge < -0.3 is 15.8 Å². The third-order valence-electron chi connectivity index (χ3n) is 3.14. The standard InChI is InChI=1S/C15H17N3O3S/c1-9-4-3-5-11(10(9)2)21-7-6-13(19)18-15-17-8-12(22-15)14(16)20/h3-5,8H,6-7H2,1-2H3,(H2,16,20)(H,17,18,19). The molecule has 0 radical (unpaired) electrons. The Kier molecular flexibility index (Phi) is 5.11. The summed E-state index contributed by atoms with van der Waals surface area (Å²) >= 11 is 1.05. The molecule has 2 aromatic rings. The van der Waals surface area contributed by atoms with Gasteiger partial charge in [-0.05, 0) is 31.0 Å². The second-order valence-corrected chi connectivity index (χ2v) is 5.77. The maximum absolute atomic E-state index is 11.8. The minimum absolute atomic E-state index is 0.193. The number of aryl methyl sites for hydroxylation is 1. The van der Waals surface area contributed by atoms with E-state index in [1.54, 1.807) is 0 Å². The minimum atomic E-state index is -0.559. The Morgan fingerprint density at radius 2 is 2.14 bits per heavy atom. The molecule has 0 saturated heterocycles. The van der Waals surface area contributed by atoms with Gasteiger partial charge in [0.05, 0.1) is 19.2 Å². The van der Waals surface area contributed by atoms with E-state index in [0.29, 0.717) is 10.0 Å². The lowest BCUT2D eigenvalue weighted by molar-refractivity contribution is -0.116. The molecule has 2 rings (SSSR count). The van der Waals surface area contributed by atoms with E-state index in [9.17, 15) is 9.59 Å². The van der Waals surface area contributed by atoms with Crippen LogP contribution in [0.4, 0.5) is 5.13 Å². The Morgan fingerprint density at radius 1 is 1.36 bits per heavy atom. The number of rotatable bonds is 6. The SMILES string of the molecule is Cc1cccc(OCCC(=O)Nc2ncc(C(N)=O)s2)c1C. The predicted molar refractivity (Wildman–Crippen MR) is 85.3 cm³/mol. The van der Waals surface area contributed by atoms with Crippen LogP contribution in [0, 0.1) is 13.8 Å². The number of nitrogens with one attached hydrogen (secondary N) is 1. The smallest absolute Gasteiger partial charge is 0.260 e. The number of aromatic nitrogens is 1. The number of amides is 2. The van der Waals surface area contributed by atoms with Gasteiger partial charge in [-0.25, -0.2) is 4.98 Å². The van der Waals surface area contributed by atoms with E-state index in [4.69, 9.17) is 10.5 Å². The van der Waals surface area contributed by atoms with Gasteiger partial charge in [-0.2, -0.15) is 0 Å². The molecule has 0 unspecified atom stereocenters. The number of anilines is 1. The number of primary amides is 1. The molecule has 7 heteroatoms. The fraction of sp³-hybridized carbons (Fsp3) is 0.267. The van der Waals surface area contributed by atoms with Crippen molar-refractivity contribution >= 4 is 28.3 Å². The van der Waals surface area contributed by atoms with Crippen molar-refractivity contribution in [1.82, 2.24) is 4.98 Å². The number of nitrogens with zero attached hydrogens (tertiary/aromatic N) is 1. The first-order chi connectivity index (χ1) is 10.5. The first-order valence-corrected chi connectivity index (χ1v) is 7.53. The van der Waals surface area contributed by atoms with Gasteiger partial charge in [0, 0.05) is 0 Å². The maximum atomic E-state index is 11.8. The fourth-order valence-corrected chi connectivity index (χ4v) is 2.45. The second-order valence-electron chi connectivity index (χ2n) is 4.74. The fourth-order valence-electron chi connectivity index (χ4n) is 1.76. The number of thiazole rings is 1. The monoisotopic (exact) mass is 319 g/mol. The van der Waals surface area contributed by atoms with Crippen LogP contribution in [0.1, 0.15) is 27.2 Å². The molecule has 0 aliphatic rings. The van der Waals surface area contributed by atoms with Crippen LogP contribution in [0.3, 0.4) is 0 Å². The van der Waals surface area contributed by atoms with E-state index in [1.807, 2.05) is 32.0 Å². The first-order valence-electron chi connectivity index (χ1n) is 6.72. The second kappa shape index (κ2) is 7.04. The van der Waals surface area contributed by atoms with Gasteiger partial charge in [0.2, 0.25) is 5.91 Å². The molecule has 116 valence electrons. The molecule has 0 spiro atoms. The summed E-state index contributed by atoms with van der Waals surface area (Å²) < 4.78 is 5.62. The molecule has 0 bridgehead atoms. The lowest BCUT2D eigenvalue weighted by Crippen LogP contribution is -2.15. The number of hydrogen-bond donors (Lipinski definition) is 2. The molecule has 0 aliphatic heterocycles. The predicted octanol–water partition coefficient (Wildman–Crippen LogP) is 2.27. The first kappa shape index (κ1) is 16.0. The molecule has 22 heavy (non-hydrogen) atoms. The number of carbonyl (C=O) groups excluding carboxylic acids is 2. The third-order valence-corrected chi connectivity index (χ3v) is 4.06. The maximum Gasteiger partial charge on any atom is 0.260 e. The highest BCUT2D eigenvalue weighted by Crippen LogP contribution is 2.21. The summed E-state index contributed by atoms with van der Waals surface area (Å²) in [6.45, 7) is 4.25. The average Bonchev–Trinajstić information content (AvgIpc) is 2.92. The molecule has 0 saturated carbocycles. The van der Waals surface area contributed by atoms with Crippen molar-refractivity contribution < 1.29 is 14.3 Å². The normalized spacial score (nSPS) is 10.3. The topological polar surface area (TPSA) is 94.3 Å². The van der Waals surface area contributed by atoms with Crippen LogP contribution in [0.15, 0.2) is 24.4 Å². The van der Waals surface area contributed by atoms with Crippen LogP contribution < -0.4 is 15.8 Å². The van der Waals surface area contributed by atoms with Crippen LogP contribution >= 0.6 is 11.3 Å². The quantitative estimate of drug-likeness (QED) is 0.854. The summed E-state index contributed by atoms with van der Waals surface area (Å²) in [4.78, 5) is 27.0. The molecule has 0 fully saturated rings. The largest absolute Gasteiger partial charge is 0.493 e. The minimum Gasteiger partial charge on any atom is -0.493 e. The van der Waals surface area contributed by atoms with Crippen molar-refractivity contribution in [3.63, 3.8) is 0 Å². The molecule has 0 atom stereocenters. The molecule has 3 N–H and O–H groups in total. The van der Waals surface area contributed by atoms with Crippen LogP contribution in [-0.2, 0) is 4.79 Å². The number of benzene rings is 1. The summed E-state index contributed by atoms with van der Waals surface area (Å²) in [6.07, 6.45) is 1.54. The van der Waals surface area contributed by atoms with Gasteiger partial charge in [-0.3, -0.25) is 9.59 Å². The van der Waals surface area contributed by atoms with E-state index >= 15 is 0 Å². The Balaban J connectivity index is 1.82. The third kappa shape index (κ3) is 4.05. The number of hydrogen-bond acceptors (Lipinski definition) is 5. The molecular weight excluding hydrogens is 302 g/mol. The van der Waals surface area contributed by atoms with Gasteiger partial charge in [-0.1, -0.05) is 23.5 Å². The van der Waals surface area contributed by atoms with Crippen LogP contribution in [0.2, 0.25) is 0 Å². The molecular formula is C15H17N3O3S. The summed E-state index contributed by atoms with van der Waals surface area (Å²) in [5.74, 6) is -0.00926. The Hall–Kier alpha value is -2.41. The molecule has 0 aliphatic carbocycles. The summed E-state index contributed by atoms with van der Waals surface area (Å²) in [5.41, 5.74) is 7.33. The average molecular weight is 319 g/mol. The zero-order valence-electron chi connectivity index (χ0n) is 12.4.